The number of aromatic nitrogens is 3. The van der Waals surface area contributed by atoms with Gasteiger partial charge in [0.15, 0.2) is 4.90 Å². The third kappa shape index (κ3) is 5.30. The van der Waals surface area contributed by atoms with Crippen LogP contribution in [0.4, 0.5) is 11.5 Å². The first-order chi connectivity index (χ1) is 15.9. The second kappa shape index (κ2) is 9.57. The van der Waals surface area contributed by atoms with Crippen molar-refractivity contribution in [2.45, 2.75) is 4.90 Å². The molecule has 0 atom stereocenters. The second-order valence-electron chi connectivity index (χ2n) is 6.71. The van der Waals surface area contributed by atoms with Gasteiger partial charge in [0.25, 0.3) is 10.0 Å². The lowest BCUT2D eigenvalue weighted by Gasteiger charge is -2.13. The van der Waals surface area contributed by atoms with Crippen LogP contribution in [-0.2, 0) is 10.0 Å². The van der Waals surface area contributed by atoms with Crippen LogP contribution in [0.25, 0.3) is 16.3 Å². The summed E-state index contributed by atoms with van der Waals surface area (Å²) in [5.74, 6) is 0.0489. The molecular formula is C22H18ClN5O3S2. The Morgan fingerprint density at radius 2 is 1.91 bits per heavy atom. The lowest BCUT2D eigenvalue weighted by atomic mass is 10.2. The molecule has 3 heterocycles. The summed E-state index contributed by atoms with van der Waals surface area (Å²) in [5, 5.41) is 6.18. The predicted octanol–water partition coefficient (Wildman–Crippen LogP) is 5.15. The van der Waals surface area contributed by atoms with Crippen molar-refractivity contribution in [2.75, 3.05) is 17.1 Å². The number of ether oxygens (including phenoxy) is 1. The third-order valence-corrected chi connectivity index (χ3v) is 6.86. The molecule has 4 aromatic rings. The summed E-state index contributed by atoms with van der Waals surface area (Å²) >= 11 is 7.30. The Hall–Kier alpha value is -3.47. The second-order valence-corrected chi connectivity index (χ2v) is 9.65. The molecule has 1 aromatic carbocycles. The Morgan fingerprint density at radius 3 is 2.61 bits per heavy atom. The van der Waals surface area contributed by atoms with E-state index < -0.39 is 10.0 Å². The number of methoxy groups -OCH3 is 1. The van der Waals surface area contributed by atoms with Crippen LogP contribution < -0.4 is 14.8 Å². The van der Waals surface area contributed by atoms with E-state index in [1.54, 1.807) is 0 Å². The minimum atomic E-state index is -4.05. The highest BCUT2D eigenvalue weighted by Gasteiger charge is 2.22. The van der Waals surface area contributed by atoms with Crippen LogP contribution in [0.5, 0.6) is 5.88 Å². The molecule has 0 aliphatic rings. The molecule has 8 nitrogen and oxygen atoms in total. The topological polar surface area (TPSA) is 106 Å². The highest BCUT2D eigenvalue weighted by Crippen LogP contribution is 2.29. The van der Waals surface area contributed by atoms with E-state index in [4.69, 9.17) is 16.3 Å². The molecule has 0 bridgehead atoms. The van der Waals surface area contributed by atoms with E-state index in [1.165, 1.54) is 49.0 Å². The maximum atomic E-state index is 13.0. The van der Waals surface area contributed by atoms with Gasteiger partial charge in [-0.15, -0.1) is 11.3 Å². The molecule has 0 amide bonds. The summed E-state index contributed by atoms with van der Waals surface area (Å²) in [4.78, 5) is 12.5. The molecule has 0 saturated carbocycles. The van der Waals surface area contributed by atoms with E-state index in [0.29, 0.717) is 22.1 Å². The van der Waals surface area contributed by atoms with Gasteiger partial charge in [-0.3, -0.25) is 4.72 Å². The molecule has 0 aliphatic carbocycles. The fourth-order valence-electron chi connectivity index (χ4n) is 2.84. The lowest BCUT2D eigenvalue weighted by molar-refractivity contribution is 0.385. The molecule has 0 unspecified atom stereocenters. The van der Waals surface area contributed by atoms with E-state index >= 15 is 0 Å². The molecule has 0 spiro atoms. The van der Waals surface area contributed by atoms with E-state index in [1.807, 2.05) is 35.7 Å². The molecule has 3 aromatic heterocycles. The fraction of sp³-hybridized carbons (Fsp3) is 0.0455. The van der Waals surface area contributed by atoms with Crippen molar-refractivity contribution in [3.63, 3.8) is 0 Å². The van der Waals surface area contributed by atoms with Gasteiger partial charge in [-0.05, 0) is 18.2 Å². The van der Waals surface area contributed by atoms with Crippen LogP contribution in [0.3, 0.4) is 0 Å². The van der Waals surface area contributed by atoms with E-state index in [-0.39, 0.29) is 16.6 Å². The quantitative estimate of drug-likeness (QED) is 0.345. The van der Waals surface area contributed by atoms with Crippen molar-refractivity contribution >= 4 is 50.2 Å². The van der Waals surface area contributed by atoms with Crippen LogP contribution in [0.2, 0.25) is 5.02 Å². The summed E-state index contributed by atoms with van der Waals surface area (Å²) < 4.78 is 33.5. The normalized spacial score (nSPS) is 11.1. The minimum Gasteiger partial charge on any atom is -0.480 e. The van der Waals surface area contributed by atoms with Crippen LogP contribution in [0.15, 0.2) is 77.8 Å². The summed E-state index contributed by atoms with van der Waals surface area (Å²) in [5.41, 5.74) is 2.54. The summed E-state index contributed by atoms with van der Waals surface area (Å²) in [6, 6.07) is 14.2. The van der Waals surface area contributed by atoms with Crippen molar-refractivity contribution in [2.24, 2.45) is 0 Å². The van der Waals surface area contributed by atoms with Crippen LogP contribution in [0, 0.1) is 0 Å². The number of nitrogens with zero attached hydrogens (tertiary/aromatic N) is 3. The zero-order valence-electron chi connectivity index (χ0n) is 17.3. The fourth-order valence-corrected chi connectivity index (χ4v) is 4.95. The molecule has 168 valence electrons. The van der Waals surface area contributed by atoms with E-state index in [9.17, 15) is 8.42 Å². The monoisotopic (exact) mass is 499 g/mol. The minimum absolute atomic E-state index is 0.0624. The Kier molecular flexibility index (Phi) is 6.59. The van der Waals surface area contributed by atoms with Crippen molar-refractivity contribution in [1.82, 2.24) is 15.0 Å². The first-order valence-corrected chi connectivity index (χ1v) is 12.3. The highest BCUT2D eigenvalue weighted by atomic mass is 35.5. The summed E-state index contributed by atoms with van der Waals surface area (Å²) in [6.45, 7) is 4.02. The van der Waals surface area contributed by atoms with Gasteiger partial charge >= 0.3 is 0 Å². The van der Waals surface area contributed by atoms with Crippen LogP contribution in [0.1, 0.15) is 5.69 Å². The molecule has 33 heavy (non-hydrogen) atoms. The highest BCUT2D eigenvalue weighted by molar-refractivity contribution is 7.92. The lowest BCUT2D eigenvalue weighted by Crippen LogP contribution is -2.16. The number of rotatable bonds is 8. The number of hydrogen-bond acceptors (Lipinski definition) is 8. The molecule has 11 heteroatoms. The largest absolute Gasteiger partial charge is 0.480 e. The van der Waals surface area contributed by atoms with E-state index in [0.717, 1.165) is 10.6 Å². The average molecular weight is 500 g/mol. The number of anilines is 2. The van der Waals surface area contributed by atoms with Gasteiger partial charge in [0.2, 0.25) is 5.88 Å². The Bertz CT molecular complexity index is 1390. The third-order valence-electron chi connectivity index (χ3n) is 4.40. The predicted molar refractivity (Wildman–Crippen MR) is 131 cm³/mol. The Balaban J connectivity index is 1.57. The standard InChI is InChI=1S/C22H18ClN5O3S2/c1-14(18-13-32-22(27-18)15-6-4-3-5-7-15)26-17-10-19(21(31-2)25-12-17)33(29,30)28-20-9-8-16(23)11-24-20/h3-13,26H,1H2,2H3,(H,24,28). The van der Waals surface area contributed by atoms with Crippen molar-refractivity contribution in [3.05, 3.63) is 83.6 Å². The Morgan fingerprint density at radius 1 is 1.12 bits per heavy atom. The molecule has 0 radical (unpaired) electrons. The summed E-state index contributed by atoms with van der Waals surface area (Å²) in [7, 11) is -2.71. The Labute approximate surface area is 200 Å². The van der Waals surface area contributed by atoms with Crippen LogP contribution in [-0.4, -0.2) is 30.5 Å². The van der Waals surface area contributed by atoms with Gasteiger partial charge in [-0.25, -0.2) is 23.4 Å². The van der Waals surface area contributed by atoms with Crippen molar-refractivity contribution < 1.29 is 13.2 Å². The smallest absolute Gasteiger partial charge is 0.268 e. The zero-order chi connectivity index (χ0) is 23.4. The number of sulfonamides is 1. The summed E-state index contributed by atoms with van der Waals surface area (Å²) in [6.07, 6.45) is 2.79. The van der Waals surface area contributed by atoms with Crippen molar-refractivity contribution in [1.29, 1.82) is 0 Å². The van der Waals surface area contributed by atoms with Gasteiger partial charge in [0.1, 0.15) is 10.8 Å². The zero-order valence-corrected chi connectivity index (χ0v) is 19.7. The average Bonchev–Trinajstić information content (AvgIpc) is 3.32. The number of nitrogens with one attached hydrogen (secondary N) is 2. The van der Waals surface area contributed by atoms with Crippen LogP contribution >= 0.6 is 22.9 Å². The first kappa shape index (κ1) is 22.7. The van der Waals surface area contributed by atoms with Gasteiger partial charge < -0.3 is 10.1 Å². The number of benzene rings is 1. The molecule has 0 saturated heterocycles. The van der Waals surface area contributed by atoms with Gasteiger partial charge in [0.05, 0.1) is 35.4 Å². The maximum Gasteiger partial charge on any atom is 0.268 e. The number of halogens is 1. The number of hydrogen-bond donors (Lipinski definition) is 2. The molecule has 0 fully saturated rings. The van der Waals surface area contributed by atoms with Gasteiger partial charge in [-0.1, -0.05) is 48.5 Å². The van der Waals surface area contributed by atoms with Gasteiger partial charge in [0, 0.05) is 17.1 Å². The van der Waals surface area contributed by atoms with Crippen molar-refractivity contribution in [3.8, 4) is 16.5 Å². The maximum absolute atomic E-state index is 13.0. The number of pyridine rings is 2. The SMILES string of the molecule is C=C(Nc1cnc(OC)c(S(=O)(=O)Nc2ccc(Cl)cn2)c1)c1csc(-c2ccccc2)n1. The van der Waals surface area contributed by atoms with E-state index in [2.05, 4.69) is 31.6 Å². The molecule has 2 N–H and O–H groups in total. The molecule has 0 aliphatic heterocycles. The van der Waals surface area contributed by atoms with Gasteiger partial charge in [-0.2, -0.15) is 0 Å². The molecular weight excluding hydrogens is 482 g/mol. The number of thiazole rings is 1. The molecule has 4 rings (SSSR count). The first-order valence-electron chi connectivity index (χ1n) is 9.51.